The van der Waals surface area contributed by atoms with Gasteiger partial charge in [0.05, 0.1) is 13.2 Å². The summed E-state index contributed by atoms with van der Waals surface area (Å²) in [4.78, 5) is 11.9. The standard InChI is InChI=1S/C17H23FN2O3/c18-15-4-2-1-3-13(15)7-10-19-16(21)20-14-5-8-17(9-6-14)22-11-12-23-17/h1-4,14H,5-12H2,(H2,19,20,21). The van der Waals surface area contributed by atoms with Gasteiger partial charge in [-0.05, 0) is 30.9 Å². The number of ether oxygens (including phenoxy) is 2. The number of amides is 2. The van der Waals surface area contributed by atoms with Crippen LogP contribution in [0.4, 0.5) is 9.18 Å². The Morgan fingerprint density at radius 2 is 1.91 bits per heavy atom. The minimum absolute atomic E-state index is 0.141. The smallest absolute Gasteiger partial charge is 0.315 e. The highest BCUT2D eigenvalue weighted by Gasteiger charge is 2.40. The molecule has 2 N–H and O–H groups in total. The number of rotatable bonds is 4. The lowest BCUT2D eigenvalue weighted by atomic mass is 9.90. The molecule has 3 rings (SSSR count). The lowest BCUT2D eigenvalue weighted by Crippen LogP contribution is -2.47. The molecule has 6 heteroatoms. The van der Waals surface area contributed by atoms with E-state index in [0.717, 1.165) is 25.7 Å². The van der Waals surface area contributed by atoms with E-state index in [2.05, 4.69) is 10.6 Å². The molecule has 0 radical (unpaired) electrons. The highest BCUT2D eigenvalue weighted by molar-refractivity contribution is 5.74. The van der Waals surface area contributed by atoms with Crippen LogP contribution in [-0.4, -0.2) is 37.6 Å². The van der Waals surface area contributed by atoms with Crippen molar-refractivity contribution in [2.45, 2.75) is 43.9 Å². The summed E-state index contributed by atoms with van der Waals surface area (Å²) in [7, 11) is 0. The molecule has 1 aromatic rings. The summed E-state index contributed by atoms with van der Waals surface area (Å²) < 4.78 is 24.8. The summed E-state index contributed by atoms with van der Waals surface area (Å²) in [5.41, 5.74) is 0.614. The first kappa shape index (κ1) is 16.2. The van der Waals surface area contributed by atoms with Crippen LogP contribution in [0.25, 0.3) is 0 Å². The van der Waals surface area contributed by atoms with Crippen LogP contribution in [0.15, 0.2) is 24.3 Å². The molecule has 0 bridgehead atoms. The monoisotopic (exact) mass is 322 g/mol. The number of hydrogen-bond donors (Lipinski definition) is 2. The van der Waals surface area contributed by atoms with Crippen LogP contribution in [0.3, 0.4) is 0 Å². The number of hydrogen-bond acceptors (Lipinski definition) is 3. The van der Waals surface area contributed by atoms with Crippen LogP contribution in [0, 0.1) is 5.82 Å². The van der Waals surface area contributed by atoms with Crippen LogP contribution >= 0.6 is 0 Å². The zero-order chi connectivity index (χ0) is 16.1. The van der Waals surface area contributed by atoms with Crippen LogP contribution in [0.1, 0.15) is 31.2 Å². The number of carbonyl (C=O) groups is 1. The van der Waals surface area contributed by atoms with E-state index in [-0.39, 0.29) is 17.9 Å². The molecule has 0 aromatic heterocycles. The van der Waals surface area contributed by atoms with Crippen molar-refractivity contribution in [1.82, 2.24) is 10.6 Å². The highest BCUT2D eigenvalue weighted by Crippen LogP contribution is 2.35. The van der Waals surface area contributed by atoms with E-state index in [1.807, 2.05) is 0 Å². The van der Waals surface area contributed by atoms with Gasteiger partial charge in [0.2, 0.25) is 0 Å². The van der Waals surface area contributed by atoms with Gasteiger partial charge < -0.3 is 20.1 Å². The predicted molar refractivity (Wildman–Crippen MR) is 83.5 cm³/mol. The fourth-order valence-corrected chi connectivity index (χ4v) is 3.24. The Kier molecular flexibility index (Phi) is 5.13. The maximum absolute atomic E-state index is 13.5. The SMILES string of the molecule is O=C(NCCc1ccccc1F)NC1CCC2(CC1)OCCO2. The molecule has 2 fully saturated rings. The molecule has 1 aromatic carbocycles. The van der Waals surface area contributed by atoms with Gasteiger partial charge in [-0.15, -0.1) is 0 Å². The summed E-state index contributed by atoms with van der Waals surface area (Å²) in [6.45, 7) is 1.74. The van der Waals surface area contributed by atoms with Crippen LogP contribution in [0.2, 0.25) is 0 Å². The van der Waals surface area contributed by atoms with Crippen molar-refractivity contribution in [3.8, 4) is 0 Å². The van der Waals surface area contributed by atoms with E-state index in [0.29, 0.717) is 31.7 Å². The number of carbonyl (C=O) groups excluding carboxylic acids is 1. The van der Waals surface area contributed by atoms with E-state index in [9.17, 15) is 9.18 Å². The summed E-state index contributed by atoms with van der Waals surface area (Å²) in [5.74, 6) is -0.636. The Morgan fingerprint density at radius 3 is 2.61 bits per heavy atom. The maximum atomic E-state index is 13.5. The van der Waals surface area contributed by atoms with Gasteiger partial charge in [-0.25, -0.2) is 9.18 Å². The normalized spacial score (nSPS) is 20.6. The second-order valence-electron chi connectivity index (χ2n) is 6.12. The van der Waals surface area contributed by atoms with Crippen LogP contribution in [0.5, 0.6) is 0 Å². The Labute approximate surface area is 135 Å². The molecule has 126 valence electrons. The summed E-state index contributed by atoms with van der Waals surface area (Å²) in [5, 5.41) is 5.76. The fraction of sp³-hybridized carbons (Fsp3) is 0.588. The van der Waals surface area contributed by atoms with Gasteiger partial charge in [0.25, 0.3) is 0 Å². The molecule has 1 heterocycles. The van der Waals surface area contributed by atoms with Crippen molar-refractivity contribution in [3.05, 3.63) is 35.6 Å². The van der Waals surface area contributed by atoms with Gasteiger partial charge in [-0.2, -0.15) is 0 Å². The summed E-state index contributed by atoms with van der Waals surface area (Å²) >= 11 is 0. The third-order valence-corrected chi connectivity index (χ3v) is 4.53. The van der Waals surface area contributed by atoms with Crippen molar-refractivity contribution < 1.29 is 18.7 Å². The molecule has 0 atom stereocenters. The largest absolute Gasteiger partial charge is 0.348 e. The van der Waals surface area contributed by atoms with Crippen molar-refractivity contribution in [1.29, 1.82) is 0 Å². The van der Waals surface area contributed by atoms with Crippen molar-refractivity contribution >= 4 is 6.03 Å². The Hall–Kier alpha value is -1.66. The van der Waals surface area contributed by atoms with E-state index >= 15 is 0 Å². The van der Waals surface area contributed by atoms with Gasteiger partial charge in [0.1, 0.15) is 5.82 Å². The fourth-order valence-electron chi connectivity index (χ4n) is 3.24. The zero-order valence-corrected chi connectivity index (χ0v) is 13.1. The first-order chi connectivity index (χ1) is 11.2. The molecule has 1 spiro atoms. The molecular formula is C17H23FN2O3. The third kappa shape index (κ3) is 4.20. The van der Waals surface area contributed by atoms with Gasteiger partial charge >= 0.3 is 6.03 Å². The number of urea groups is 1. The van der Waals surface area contributed by atoms with Crippen LogP contribution in [-0.2, 0) is 15.9 Å². The van der Waals surface area contributed by atoms with Crippen molar-refractivity contribution in [2.75, 3.05) is 19.8 Å². The number of nitrogens with one attached hydrogen (secondary N) is 2. The third-order valence-electron chi connectivity index (χ3n) is 4.53. The quantitative estimate of drug-likeness (QED) is 0.894. The molecule has 1 saturated carbocycles. The second-order valence-corrected chi connectivity index (χ2v) is 6.12. The summed E-state index contributed by atoms with van der Waals surface area (Å²) in [6.07, 6.45) is 3.80. The number of benzene rings is 1. The average molecular weight is 322 g/mol. The topological polar surface area (TPSA) is 59.6 Å². The molecule has 2 amide bonds. The Bertz CT molecular complexity index is 536. The molecular weight excluding hydrogens is 299 g/mol. The molecule has 0 unspecified atom stereocenters. The van der Waals surface area contributed by atoms with Crippen molar-refractivity contribution in [3.63, 3.8) is 0 Å². The van der Waals surface area contributed by atoms with E-state index in [4.69, 9.17) is 9.47 Å². The molecule has 1 aliphatic carbocycles. The molecule has 1 aliphatic heterocycles. The minimum atomic E-state index is -0.403. The summed E-state index contributed by atoms with van der Waals surface area (Å²) in [6, 6.07) is 6.56. The van der Waals surface area contributed by atoms with Gasteiger partial charge in [0.15, 0.2) is 5.79 Å². The van der Waals surface area contributed by atoms with Crippen LogP contribution < -0.4 is 10.6 Å². The maximum Gasteiger partial charge on any atom is 0.315 e. The molecule has 23 heavy (non-hydrogen) atoms. The van der Waals surface area contributed by atoms with E-state index in [1.165, 1.54) is 6.07 Å². The predicted octanol–water partition coefficient (Wildman–Crippen LogP) is 2.35. The zero-order valence-electron chi connectivity index (χ0n) is 13.1. The first-order valence-electron chi connectivity index (χ1n) is 8.23. The van der Waals surface area contributed by atoms with Gasteiger partial charge in [-0.1, -0.05) is 18.2 Å². The lowest BCUT2D eigenvalue weighted by molar-refractivity contribution is -0.179. The van der Waals surface area contributed by atoms with Gasteiger partial charge in [0, 0.05) is 25.4 Å². The van der Waals surface area contributed by atoms with Crippen molar-refractivity contribution in [2.24, 2.45) is 0 Å². The van der Waals surface area contributed by atoms with Gasteiger partial charge in [-0.3, -0.25) is 0 Å². The lowest BCUT2D eigenvalue weighted by Gasteiger charge is -2.35. The Balaban J connectivity index is 1.36. The Morgan fingerprint density at radius 1 is 1.22 bits per heavy atom. The molecule has 2 aliphatic rings. The van der Waals surface area contributed by atoms with E-state index in [1.54, 1.807) is 18.2 Å². The van der Waals surface area contributed by atoms with E-state index < -0.39 is 5.79 Å². The molecule has 1 saturated heterocycles. The minimum Gasteiger partial charge on any atom is -0.348 e. The molecule has 5 nitrogen and oxygen atoms in total. The average Bonchev–Trinajstić information content (AvgIpc) is 3.00. The highest BCUT2D eigenvalue weighted by atomic mass is 19.1. The first-order valence-corrected chi connectivity index (χ1v) is 8.23. The number of halogens is 1. The second kappa shape index (κ2) is 7.27.